The van der Waals surface area contributed by atoms with Crippen LogP contribution < -0.4 is 0 Å². The molecule has 0 aliphatic rings. The predicted molar refractivity (Wildman–Crippen MR) is 38.3 cm³/mol. The summed E-state index contributed by atoms with van der Waals surface area (Å²) in [5.41, 5.74) is -4.31. The van der Waals surface area contributed by atoms with Gasteiger partial charge in [0.25, 0.3) is 0 Å². The molecule has 5 heteroatoms. The third kappa shape index (κ3) is 3.13. The van der Waals surface area contributed by atoms with E-state index in [1.54, 1.807) is 0 Å². The van der Waals surface area contributed by atoms with Crippen molar-refractivity contribution in [3.8, 4) is 0 Å². The molecule has 0 spiro atoms. The number of rotatable bonds is 1. The fraction of sp³-hybridized carbons (Fsp3) is 0.143. The van der Waals surface area contributed by atoms with Gasteiger partial charge in [-0.25, -0.2) is 4.39 Å². The largest absolute Gasteiger partial charge is 0.446 e. The van der Waals surface area contributed by atoms with Gasteiger partial charge in [0.2, 0.25) is 0 Å². The molecule has 12 heavy (non-hydrogen) atoms. The number of thioether (sulfide) groups is 1. The minimum Gasteiger partial charge on any atom is -0.207 e. The molecule has 0 atom stereocenters. The van der Waals surface area contributed by atoms with Crippen molar-refractivity contribution in [1.82, 2.24) is 0 Å². The molecule has 0 aliphatic heterocycles. The zero-order valence-corrected chi connectivity index (χ0v) is 6.55. The Labute approximate surface area is 70.6 Å². The Morgan fingerprint density at radius 2 is 1.50 bits per heavy atom. The lowest BCUT2D eigenvalue weighted by Crippen LogP contribution is -1.98. The molecule has 66 valence electrons. The van der Waals surface area contributed by atoms with Gasteiger partial charge in [0.1, 0.15) is 5.82 Å². The van der Waals surface area contributed by atoms with Gasteiger partial charge < -0.3 is 0 Å². The second-order valence-electron chi connectivity index (χ2n) is 2.00. The Morgan fingerprint density at radius 3 is 1.92 bits per heavy atom. The van der Waals surface area contributed by atoms with Gasteiger partial charge in [0, 0.05) is 4.90 Å². The van der Waals surface area contributed by atoms with Gasteiger partial charge in [-0.15, -0.1) is 0 Å². The fourth-order valence-electron chi connectivity index (χ4n) is 0.636. The van der Waals surface area contributed by atoms with Crippen LogP contribution in [0.5, 0.6) is 0 Å². The first-order valence-corrected chi connectivity index (χ1v) is 3.80. The van der Waals surface area contributed by atoms with E-state index in [2.05, 4.69) is 0 Å². The maximum absolute atomic E-state index is 12.2. The molecule has 0 radical (unpaired) electrons. The van der Waals surface area contributed by atoms with Crippen molar-refractivity contribution in [2.45, 2.75) is 10.4 Å². The van der Waals surface area contributed by atoms with Crippen LogP contribution in [-0.4, -0.2) is 5.51 Å². The zero-order valence-electron chi connectivity index (χ0n) is 5.73. The second-order valence-corrected chi connectivity index (χ2v) is 3.14. The molecule has 0 amide bonds. The molecule has 0 unspecified atom stereocenters. The van der Waals surface area contributed by atoms with Gasteiger partial charge in [0.15, 0.2) is 0 Å². The van der Waals surface area contributed by atoms with E-state index in [1.165, 1.54) is 0 Å². The molecule has 1 aromatic rings. The minimum atomic E-state index is -4.31. The van der Waals surface area contributed by atoms with Gasteiger partial charge >= 0.3 is 5.51 Å². The number of hydrogen-bond donors (Lipinski definition) is 0. The van der Waals surface area contributed by atoms with E-state index in [1.807, 2.05) is 0 Å². The van der Waals surface area contributed by atoms with Crippen LogP contribution in [0, 0.1) is 5.82 Å². The molecule has 0 heterocycles. The molecule has 0 aromatic heterocycles. The highest BCUT2D eigenvalue weighted by atomic mass is 32.2. The van der Waals surface area contributed by atoms with Crippen LogP contribution >= 0.6 is 11.8 Å². The number of hydrogen-bond acceptors (Lipinski definition) is 1. The normalized spacial score (nSPS) is 11.7. The third-order valence-electron chi connectivity index (χ3n) is 1.05. The molecule has 0 aliphatic carbocycles. The third-order valence-corrected chi connectivity index (χ3v) is 1.79. The first-order valence-electron chi connectivity index (χ1n) is 2.99. The average Bonchev–Trinajstić information content (AvgIpc) is 1.91. The van der Waals surface area contributed by atoms with Crippen LogP contribution in [0.2, 0.25) is 0 Å². The van der Waals surface area contributed by atoms with Crippen molar-refractivity contribution in [2.75, 3.05) is 0 Å². The highest BCUT2D eigenvalue weighted by Gasteiger charge is 2.28. The van der Waals surface area contributed by atoms with Crippen LogP contribution in [0.25, 0.3) is 0 Å². The summed E-state index contributed by atoms with van der Waals surface area (Å²) in [4.78, 5) is -0.0103. The van der Waals surface area contributed by atoms with Gasteiger partial charge in [-0.05, 0) is 36.0 Å². The fourth-order valence-corrected chi connectivity index (χ4v) is 1.18. The molecular formula is C7H4F4S. The van der Waals surface area contributed by atoms with Crippen molar-refractivity contribution >= 4 is 11.8 Å². The van der Waals surface area contributed by atoms with E-state index >= 15 is 0 Å². The van der Waals surface area contributed by atoms with Crippen LogP contribution in [0.1, 0.15) is 0 Å². The van der Waals surface area contributed by atoms with Gasteiger partial charge in [0.05, 0.1) is 0 Å². The minimum absolute atomic E-state index is 0.0103. The van der Waals surface area contributed by atoms with E-state index in [0.29, 0.717) is 0 Å². The van der Waals surface area contributed by atoms with Crippen molar-refractivity contribution in [1.29, 1.82) is 0 Å². The van der Waals surface area contributed by atoms with Gasteiger partial charge in [-0.3, -0.25) is 0 Å². The Morgan fingerprint density at radius 1 is 1.00 bits per heavy atom. The average molecular weight is 195 g/mol. The summed E-state index contributed by atoms with van der Waals surface area (Å²) in [6.07, 6.45) is 0. The smallest absolute Gasteiger partial charge is 0.207 e. The highest BCUT2D eigenvalue weighted by molar-refractivity contribution is 8.00. The maximum atomic E-state index is 12.2. The molecular weight excluding hydrogens is 191 g/mol. The van der Waals surface area contributed by atoms with Crippen LogP contribution in [-0.2, 0) is 0 Å². The molecule has 0 saturated heterocycles. The number of benzene rings is 1. The summed E-state index contributed by atoms with van der Waals surface area (Å²) in [5, 5.41) is 0. The Kier molecular flexibility index (Phi) is 2.62. The second kappa shape index (κ2) is 3.35. The maximum Gasteiger partial charge on any atom is 0.446 e. The van der Waals surface area contributed by atoms with Crippen molar-refractivity contribution in [3.63, 3.8) is 0 Å². The lowest BCUT2D eigenvalue weighted by atomic mass is 10.4. The lowest BCUT2D eigenvalue weighted by molar-refractivity contribution is -0.0328. The molecule has 1 aromatic carbocycles. The molecule has 1 rings (SSSR count). The van der Waals surface area contributed by atoms with E-state index < -0.39 is 11.3 Å². The molecule has 0 N–H and O–H groups in total. The van der Waals surface area contributed by atoms with Crippen LogP contribution in [0.4, 0.5) is 17.6 Å². The summed E-state index contributed by atoms with van der Waals surface area (Å²) >= 11 is -0.257. The van der Waals surface area contributed by atoms with Crippen molar-refractivity contribution in [2.24, 2.45) is 0 Å². The first-order chi connectivity index (χ1) is 5.47. The zero-order chi connectivity index (χ0) is 9.19. The quantitative estimate of drug-likeness (QED) is 0.488. The molecule has 0 nitrogen and oxygen atoms in total. The monoisotopic (exact) mass is 195 g/mol. The summed E-state index contributed by atoms with van der Waals surface area (Å²) in [7, 11) is 0. The number of halogens is 4. The van der Waals surface area contributed by atoms with E-state index in [9.17, 15) is 17.6 Å². The van der Waals surface area contributed by atoms with Crippen LogP contribution in [0.3, 0.4) is 0 Å². The molecule has 0 fully saturated rings. The Balaban J connectivity index is 2.71. The number of alkyl halides is 3. The van der Waals surface area contributed by atoms with E-state index in [-0.39, 0.29) is 16.7 Å². The van der Waals surface area contributed by atoms with Gasteiger partial charge in [-0.2, -0.15) is 13.2 Å². The van der Waals surface area contributed by atoms with Crippen LogP contribution in [0.15, 0.2) is 29.2 Å². The summed E-state index contributed by atoms with van der Waals surface area (Å²) in [6, 6.07) is 4.17. The predicted octanol–water partition coefficient (Wildman–Crippen LogP) is 3.44. The molecule has 0 saturated carbocycles. The SMILES string of the molecule is Fc1ccc(SC(F)(F)[18F])cc1. The summed E-state index contributed by atoms with van der Waals surface area (Å²) in [6.45, 7) is 0. The lowest BCUT2D eigenvalue weighted by Gasteiger charge is -2.04. The Bertz CT molecular complexity index is 251. The summed E-state index contributed by atoms with van der Waals surface area (Å²) in [5.74, 6) is -0.540. The van der Waals surface area contributed by atoms with Gasteiger partial charge in [-0.1, -0.05) is 0 Å². The highest BCUT2D eigenvalue weighted by Crippen LogP contribution is 2.36. The van der Waals surface area contributed by atoms with Crippen molar-refractivity contribution < 1.29 is 17.6 Å². The molecule has 0 bridgehead atoms. The van der Waals surface area contributed by atoms with E-state index in [4.69, 9.17) is 0 Å². The first kappa shape index (κ1) is 9.38. The Hall–Kier alpha value is -0.710. The topological polar surface area (TPSA) is 0 Å². The van der Waals surface area contributed by atoms with Crippen molar-refractivity contribution in [3.05, 3.63) is 30.1 Å². The standard InChI is InChI=1S/C7H4F4S/c8-5-1-3-6(4-2-5)12-7(9,10)11/h1-4H/i9-1. The summed E-state index contributed by atoms with van der Waals surface area (Å²) < 4.78 is 47.4. The van der Waals surface area contributed by atoms with E-state index in [0.717, 1.165) is 24.3 Å².